The number of aliphatic hydroxyl groups excluding tert-OH is 1. The monoisotopic (exact) mass is 263 g/mol. The molecule has 1 atom stereocenters. The van der Waals surface area contributed by atoms with Crippen molar-refractivity contribution in [1.82, 2.24) is 4.98 Å². The highest BCUT2D eigenvalue weighted by molar-refractivity contribution is 5.41. The highest BCUT2D eigenvalue weighted by Gasteiger charge is 2.18. The smallest absolute Gasteiger partial charge is 0.165 e. The van der Waals surface area contributed by atoms with E-state index in [1.807, 2.05) is 20.8 Å². The second kappa shape index (κ2) is 5.05. The van der Waals surface area contributed by atoms with Crippen LogP contribution in [-0.2, 0) is 0 Å². The van der Waals surface area contributed by atoms with Gasteiger partial charge in [-0.3, -0.25) is 0 Å². The van der Waals surface area contributed by atoms with Crippen molar-refractivity contribution in [3.05, 3.63) is 52.1 Å². The lowest BCUT2D eigenvalue weighted by Crippen LogP contribution is -2.03. The molecule has 0 saturated heterocycles. The normalized spacial score (nSPS) is 12.5. The molecular weight excluding hydrogens is 245 g/mol. The molecule has 1 unspecified atom stereocenters. The maximum atomic E-state index is 13.4. The third-order valence-electron chi connectivity index (χ3n) is 3.62. The topological polar surface area (TPSA) is 45.2 Å². The van der Waals surface area contributed by atoms with Gasteiger partial charge < -0.3 is 14.8 Å². The van der Waals surface area contributed by atoms with E-state index >= 15 is 0 Å². The van der Waals surface area contributed by atoms with Gasteiger partial charge in [-0.05, 0) is 49.6 Å². The van der Waals surface area contributed by atoms with Crippen LogP contribution in [0.5, 0.6) is 5.75 Å². The average Bonchev–Trinajstić information content (AvgIpc) is 2.66. The molecule has 19 heavy (non-hydrogen) atoms. The quantitative estimate of drug-likeness (QED) is 0.893. The molecule has 4 heteroatoms. The van der Waals surface area contributed by atoms with Crippen LogP contribution >= 0.6 is 0 Å². The number of aliphatic hydroxyl groups is 1. The van der Waals surface area contributed by atoms with Gasteiger partial charge in [-0.15, -0.1) is 0 Å². The molecule has 0 saturated carbocycles. The van der Waals surface area contributed by atoms with E-state index in [0.29, 0.717) is 5.56 Å². The Labute approximate surface area is 112 Å². The molecule has 0 aliphatic heterocycles. The van der Waals surface area contributed by atoms with Crippen molar-refractivity contribution in [2.75, 3.05) is 7.11 Å². The predicted octanol–water partition coefficient (Wildman–Crippen LogP) is 3.17. The van der Waals surface area contributed by atoms with E-state index in [1.165, 1.54) is 19.2 Å². The SMILES string of the molecule is COc1cc(C(O)c2[nH]c(C)c(C)c2C)ccc1F. The minimum Gasteiger partial charge on any atom is -0.494 e. The van der Waals surface area contributed by atoms with Crippen LogP contribution in [-0.4, -0.2) is 17.2 Å². The van der Waals surface area contributed by atoms with Gasteiger partial charge in [0.05, 0.1) is 12.8 Å². The van der Waals surface area contributed by atoms with Crippen molar-refractivity contribution in [2.45, 2.75) is 26.9 Å². The number of hydrogen-bond acceptors (Lipinski definition) is 2. The van der Waals surface area contributed by atoms with Gasteiger partial charge in [0.25, 0.3) is 0 Å². The fourth-order valence-electron chi connectivity index (χ4n) is 2.16. The van der Waals surface area contributed by atoms with Crippen LogP contribution in [0, 0.1) is 26.6 Å². The lowest BCUT2D eigenvalue weighted by Gasteiger charge is -2.13. The van der Waals surface area contributed by atoms with Gasteiger partial charge in [0, 0.05) is 5.69 Å². The van der Waals surface area contributed by atoms with Crippen molar-refractivity contribution in [2.24, 2.45) is 0 Å². The van der Waals surface area contributed by atoms with Gasteiger partial charge in [-0.2, -0.15) is 0 Å². The fourth-order valence-corrected chi connectivity index (χ4v) is 2.16. The molecule has 2 aromatic rings. The van der Waals surface area contributed by atoms with Crippen LogP contribution in [0.4, 0.5) is 4.39 Å². The van der Waals surface area contributed by atoms with Gasteiger partial charge in [0.1, 0.15) is 6.10 Å². The number of nitrogens with one attached hydrogen (secondary N) is 1. The molecule has 1 aromatic carbocycles. The summed E-state index contributed by atoms with van der Waals surface area (Å²) in [6.07, 6.45) is -0.818. The first-order valence-electron chi connectivity index (χ1n) is 6.12. The summed E-state index contributed by atoms with van der Waals surface area (Å²) in [5.74, 6) is -0.303. The average molecular weight is 263 g/mol. The Morgan fingerprint density at radius 3 is 2.42 bits per heavy atom. The summed E-state index contributed by atoms with van der Waals surface area (Å²) in [5.41, 5.74) is 4.52. The van der Waals surface area contributed by atoms with Crippen LogP contribution in [0.1, 0.15) is 34.2 Å². The largest absolute Gasteiger partial charge is 0.494 e. The van der Waals surface area contributed by atoms with Crippen LogP contribution in [0.15, 0.2) is 18.2 Å². The number of aryl methyl sites for hydroxylation is 1. The first-order valence-corrected chi connectivity index (χ1v) is 6.12. The highest BCUT2D eigenvalue weighted by atomic mass is 19.1. The third kappa shape index (κ3) is 2.36. The summed E-state index contributed by atoms with van der Waals surface area (Å²) in [4.78, 5) is 3.18. The minimum absolute atomic E-state index is 0.134. The van der Waals surface area contributed by atoms with E-state index in [9.17, 15) is 9.50 Å². The first-order chi connectivity index (χ1) is 8.95. The number of rotatable bonds is 3. The van der Waals surface area contributed by atoms with E-state index in [-0.39, 0.29) is 5.75 Å². The van der Waals surface area contributed by atoms with Gasteiger partial charge >= 0.3 is 0 Å². The Balaban J connectivity index is 2.43. The zero-order chi connectivity index (χ0) is 14.2. The van der Waals surface area contributed by atoms with Gasteiger partial charge in [0.15, 0.2) is 11.6 Å². The molecule has 0 aliphatic rings. The molecule has 1 heterocycles. The highest BCUT2D eigenvalue weighted by Crippen LogP contribution is 2.30. The molecule has 0 bridgehead atoms. The lowest BCUT2D eigenvalue weighted by molar-refractivity contribution is 0.214. The summed E-state index contributed by atoms with van der Waals surface area (Å²) in [6.45, 7) is 5.92. The lowest BCUT2D eigenvalue weighted by atomic mass is 10.0. The molecule has 1 aromatic heterocycles. The molecule has 3 nitrogen and oxygen atoms in total. The first kappa shape index (κ1) is 13.6. The molecular formula is C15H18FNO2. The maximum Gasteiger partial charge on any atom is 0.165 e. The number of ether oxygens (including phenoxy) is 1. The number of aromatic nitrogens is 1. The number of benzene rings is 1. The molecule has 0 aliphatic carbocycles. The van der Waals surface area contributed by atoms with Gasteiger partial charge in [0.2, 0.25) is 0 Å². The molecule has 0 fully saturated rings. The molecule has 2 rings (SSSR count). The van der Waals surface area contributed by atoms with E-state index < -0.39 is 11.9 Å². The Morgan fingerprint density at radius 1 is 1.21 bits per heavy atom. The van der Waals surface area contributed by atoms with Gasteiger partial charge in [-0.1, -0.05) is 6.07 Å². The van der Waals surface area contributed by atoms with Crippen LogP contribution in [0.25, 0.3) is 0 Å². The standard InChI is InChI=1S/C15H18FNO2/c1-8-9(2)14(17-10(8)3)15(18)11-5-6-12(16)13(7-11)19-4/h5-7,15,17-18H,1-4H3. The van der Waals surface area contributed by atoms with Crippen molar-refractivity contribution in [3.8, 4) is 5.75 Å². The fraction of sp³-hybridized carbons (Fsp3) is 0.333. The third-order valence-corrected chi connectivity index (χ3v) is 3.62. The Hall–Kier alpha value is -1.81. The number of aromatic amines is 1. The van der Waals surface area contributed by atoms with Crippen LogP contribution in [0.2, 0.25) is 0 Å². The number of hydrogen-bond donors (Lipinski definition) is 2. The van der Waals surface area contributed by atoms with Gasteiger partial charge in [-0.25, -0.2) is 4.39 Å². The summed E-state index contributed by atoms with van der Waals surface area (Å²) < 4.78 is 18.3. The van der Waals surface area contributed by atoms with E-state index in [4.69, 9.17) is 4.74 Å². The number of methoxy groups -OCH3 is 1. The molecule has 0 radical (unpaired) electrons. The van der Waals surface area contributed by atoms with Crippen molar-refractivity contribution >= 4 is 0 Å². The van der Waals surface area contributed by atoms with Crippen molar-refractivity contribution in [1.29, 1.82) is 0 Å². The van der Waals surface area contributed by atoms with Crippen molar-refractivity contribution in [3.63, 3.8) is 0 Å². The van der Waals surface area contributed by atoms with E-state index in [1.54, 1.807) is 6.07 Å². The number of H-pyrrole nitrogens is 1. The van der Waals surface area contributed by atoms with E-state index in [2.05, 4.69) is 4.98 Å². The Morgan fingerprint density at radius 2 is 1.89 bits per heavy atom. The minimum atomic E-state index is -0.818. The molecule has 102 valence electrons. The Bertz CT molecular complexity index is 604. The Kier molecular flexibility index (Phi) is 3.62. The van der Waals surface area contributed by atoms with Crippen LogP contribution in [0.3, 0.4) is 0 Å². The van der Waals surface area contributed by atoms with E-state index in [0.717, 1.165) is 22.5 Å². The molecule has 0 amide bonds. The van der Waals surface area contributed by atoms with Crippen molar-refractivity contribution < 1.29 is 14.2 Å². The summed E-state index contributed by atoms with van der Waals surface area (Å²) in [5, 5.41) is 10.4. The summed E-state index contributed by atoms with van der Waals surface area (Å²) in [7, 11) is 1.41. The number of halogens is 1. The zero-order valence-corrected chi connectivity index (χ0v) is 11.5. The molecule has 2 N–H and O–H groups in total. The summed E-state index contributed by atoms with van der Waals surface area (Å²) in [6, 6.07) is 4.38. The zero-order valence-electron chi connectivity index (χ0n) is 11.5. The molecule has 0 spiro atoms. The second-order valence-corrected chi connectivity index (χ2v) is 4.71. The second-order valence-electron chi connectivity index (χ2n) is 4.71. The maximum absolute atomic E-state index is 13.4. The summed E-state index contributed by atoms with van der Waals surface area (Å²) >= 11 is 0. The predicted molar refractivity (Wildman–Crippen MR) is 72.0 cm³/mol. The van der Waals surface area contributed by atoms with Crippen LogP contribution < -0.4 is 4.74 Å².